The predicted octanol–water partition coefficient (Wildman–Crippen LogP) is 2.41. The van der Waals surface area contributed by atoms with Gasteiger partial charge in [-0.15, -0.1) is 0 Å². The van der Waals surface area contributed by atoms with E-state index in [9.17, 15) is 16.8 Å². The van der Waals surface area contributed by atoms with E-state index >= 15 is 0 Å². The number of hydrogen-bond acceptors (Lipinski definition) is 5. The summed E-state index contributed by atoms with van der Waals surface area (Å²) in [4.78, 5) is 0.197. The standard InChI is InChI=1S/C21H27NO4S2/c1-2-17-10-12-19(13-11-17)28(25,26)21-16-27(23,24)15-20(21)22-14-6-9-18-7-4-3-5-8-18/h3-5,7-8,10-13,20-22H,2,6,9,14-16H2,1H3/t20-,21+/m1/s1. The third-order valence-electron chi connectivity index (χ3n) is 5.25. The van der Waals surface area contributed by atoms with E-state index in [2.05, 4.69) is 5.32 Å². The van der Waals surface area contributed by atoms with Crippen LogP contribution in [0.5, 0.6) is 0 Å². The van der Waals surface area contributed by atoms with E-state index in [1.165, 1.54) is 5.56 Å². The fraction of sp³-hybridized carbons (Fsp3) is 0.429. The molecular formula is C21H27NO4S2. The highest BCUT2D eigenvalue weighted by atomic mass is 32.2. The van der Waals surface area contributed by atoms with Crippen molar-refractivity contribution in [3.05, 3.63) is 65.7 Å². The van der Waals surface area contributed by atoms with E-state index in [1.54, 1.807) is 24.3 Å². The number of sulfone groups is 2. The molecule has 28 heavy (non-hydrogen) atoms. The summed E-state index contributed by atoms with van der Waals surface area (Å²) in [6.45, 7) is 2.58. The Hall–Kier alpha value is -1.70. The molecule has 3 rings (SSSR count). The van der Waals surface area contributed by atoms with E-state index in [4.69, 9.17) is 0 Å². The number of nitrogens with one attached hydrogen (secondary N) is 1. The van der Waals surface area contributed by atoms with Gasteiger partial charge in [0.15, 0.2) is 19.7 Å². The van der Waals surface area contributed by atoms with Gasteiger partial charge < -0.3 is 5.32 Å². The molecule has 1 aliphatic heterocycles. The lowest BCUT2D eigenvalue weighted by molar-refractivity contribution is 0.520. The Morgan fingerprint density at radius 1 is 0.964 bits per heavy atom. The molecule has 5 nitrogen and oxygen atoms in total. The van der Waals surface area contributed by atoms with E-state index in [0.717, 1.165) is 24.8 Å². The molecule has 0 radical (unpaired) electrons. The first-order valence-corrected chi connectivity index (χ1v) is 13.0. The largest absolute Gasteiger partial charge is 0.312 e. The molecule has 7 heteroatoms. The highest BCUT2D eigenvalue weighted by Gasteiger charge is 2.45. The molecule has 0 bridgehead atoms. The molecule has 1 aliphatic rings. The minimum atomic E-state index is -3.71. The second-order valence-corrected chi connectivity index (χ2v) is 11.6. The number of rotatable bonds is 8. The van der Waals surface area contributed by atoms with Crippen LogP contribution in [0.1, 0.15) is 24.5 Å². The van der Waals surface area contributed by atoms with Crippen molar-refractivity contribution in [3.8, 4) is 0 Å². The quantitative estimate of drug-likeness (QED) is 0.662. The monoisotopic (exact) mass is 421 g/mol. The van der Waals surface area contributed by atoms with Crippen molar-refractivity contribution < 1.29 is 16.8 Å². The SMILES string of the molecule is CCc1ccc(S(=O)(=O)[C@H]2CS(=O)(=O)C[C@H]2NCCCc2ccccc2)cc1. The maximum atomic E-state index is 13.1. The van der Waals surface area contributed by atoms with Crippen molar-refractivity contribution in [2.75, 3.05) is 18.1 Å². The van der Waals surface area contributed by atoms with Crippen molar-refractivity contribution in [1.29, 1.82) is 0 Å². The summed E-state index contributed by atoms with van der Waals surface area (Å²) in [6.07, 6.45) is 2.51. The Morgan fingerprint density at radius 2 is 1.64 bits per heavy atom. The maximum absolute atomic E-state index is 13.1. The zero-order valence-electron chi connectivity index (χ0n) is 16.0. The highest BCUT2D eigenvalue weighted by molar-refractivity contribution is 7.96. The van der Waals surface area contributed by atoms with Gasteiger partial charge in [0.1, 0.15) is 0 Å². The van der Waals surface area contributed by atoms with Gasteiger partial charge in [0.2, 0.25) is 0 Å². The minimum absolute atomic E-state index is 0.130. The third-order valence-corrected chi connectivity index (χ3v) is 9.42. The predicted molar refractivity (Wildman–Crippen MR) is 112 cm³/mol. The molecule has 1 N–H and O–H groups in total. The van der Waals surface area contributed by atoms with Crippen LogP contribution < -0.4 is 5.32 Å². The Kier molecular flexibility index (Phi) is 6.58. The summed E-state index contributed by atoms with van der Waals surface area (Å²) in [7, 11) is -7.09. The first-order valence-electron chi connectivity index (χ1n) is 9.62. The van der Waals surface area contributed by atoms with Gasteiger partial charge in [-0.3, -0.25) is 0 Å². The molecule has 152 valence electrons. The van der Waals surface area contributed by atoms with Gasteiger partial charge in [-0.2, -0.15) is 0 Å². The first kappa shape index (κ1) is 21.0. The summed E-state index contributed by atoms with van der Waals surface area (Å²) in [5, 5.41) is 2.25. The Bertz CT molecular complexity index is 984. The van der Waals surface area contributed by atoms with E-state index < -0.39 is 31.0 Å². The van der Waals surface area contributed by atoms with Gasteiger partial charge in [0.25, 0.3) is 0 Å². The van der Waals surface area contributed by atoms with E-state index in [-0.39, 0.29) is 16.4 Å². The van der Waals surface area contributed by atoms with E-state index in [0.29, 0.717) is 6.54 Å². The van der Waals surface area contributed by atoms with Gasteiger partial charge in [0, 0.05) is 6.04 Å². The van der Waals surface area contributed by atoms with Crippen LogP contribution in [0.3, 0.4) is 0 Å². The van der Waals surface area contributed by atoms with Crippen LogP contribution in [-0.2, 0) is 32.5 Å². The highest BCUT2D eigenvalue weighted by Crippen LogP contribution is 2.26. The lowest BCUT2D eigenvalue weighted by Gasteiger charge is -2.20. The normalized spacial score (nSPS) is 21.6. The van der Waals surface area contributed by atoms with Crippen LogP contribution >= 0.6 is 0 Å². The summed E-state index contributed by atoms with van der Waals surface area (Å²) in [6, 6.07) is 16.2. The third kappa shape index (κ3) is 5.01. The molecule has 0 unspecified atom stereocenters. The molecule has 0 spiro atoms. The topological polar surface area (TPSA) is 80.3 Å². The molecule has 1 fully saturated rings. The molecule has 0 aromatic heterocycles. The lowest BCUT2D eigenvalue weighted by Crippen LogP contribution is -2.43. The second-order valence-electron chi connectivity index (χ2n) is 7.31. The first-order chi connectivity index (χ1) is 13.3. The molecule has 0 saturated carbocycles. The fourth-order valence-corrected chi connectivity index (χ4v) is 8.34. The van der Waals surface area contributed by atoms with Gasteiger partial charge in [-0.05, 0) is 49.1 Å². The van der Waals surface area contributed by atoms with Gasteiger partial charge in [-0.25, -0.2) is 16.8 Å². The Labute approximate surface area is 168 Å². The smallest absolute Gasteiger partial charge is 0.183 e. The average molecular weight is 422 g/mol. The molecule has 2 atom stereocenters. The molecular weight excluding hydrogens is 394 g/mol. The van der Waals surface area contributed by atoms with Crippen molar-refractivity contribution in [2.45, 2.75) is 42.4 Å². The number of aryl methyl sites for hydroxylation is 2. The van der Waals surface area contributed by atoms with Gasteiger partial charge in [-0.1, -0.05) is 49.4 Å². The summed E-state index contributed by atoms with van der Waals surface area (Å²) in [5.74, 6) is -0.448. The molecule has 2 aromatic rings. The zero-order valence-corrected chi connectivity index (χ0v) is 17.7. The van der Waals surface area contributed by atoms with Gasteiger partial charge >= 0.3 is 0 Å². The second kappa shape index (κ2) is 8.76. The summed E-state index contributed by atoms with van der Waals surface area (Å²) >= 11 is 0. The van der Waals surface area contributed by atoms with Crippen molar-refractivity contribution in [1.82, 2.24) is 5.32 Å². The van der Waals surface area contributed by atoms with Crippen molar-refractivity contribution in [2.24, 2.45) is 0 Å². The van der Waals surface area contributed by atoms with Crippen LogP contribution in [-0.4, -0.2) is 46.2 Å². The Balaban J connectivity index is 1.68. The van der Waals surface area contributed by atoms with Gasteiger partial charge in [0.05, 0.1) is 21.7 Å². The lowest BCUT2D eigenvalue weighted by atomic mass is 10.1. The molecule has 1 heterocycles. The zero-order chi connectivity index (χ0) is 20.2. The molecule has 0 aliphatic carbocycles. The van der Waals surface area contributed by atoms with Crippen molar-refractivity contribution >= 4 is 19.7 Å². The molecule has 0 amide bonds. The maximum Gasteiger partial charge on any atom is 0.183 e. The average Bonchev–Trinajstić information content (AvgIpc) is 3.01. The van der Waals surface area contributed by atoms with E-state index in [1.807, 2.05) is 37.3 Å². The molecule has 2 aromatic carbocycles. The fourth-order valence-electron chi connectivity index (χ4n) is 3.63. The Morgan fingerprint density at radius 3 is 2.29 bits per heavy atom. The summed E-state index contributed by atoms with van der Waals surface area (Å²) < 4.78 is 50.5. The van der Waals surface area contributed by atoms with Crippen molar-refractivity contribution in [3.63, 3.8) is 0 Å². The van der Waals surface area contributed by atoms with Crippen LogP contribution in [0.2, 0.25) is 0 Å². The molecule has 1 saturated heterocycles. The number of hydrogen-bond donors (Lipinski definition) is 1. The van der Waals surface area contributed by atoms with Crippen LogP contribution in [0.25, 0.3) is 0 Å². The minimum Gasteiger partial charge on any atom is -0.312 e. The van der Waals surface area contributed by atoms with Crippen LogP contribution in [0, 0.1) is 0 Å². The van der Waals surface area contributed by atoms with Crippen LogP contribution in [0.15, 0.2) is 59.5 Å². The van der Waals surface area contributed by atoms with Crippen LogP contribution in [0.4, 0.5) is 0 Å². The number of benzene rings is 2. The summed E-state index contributed by atoms with van der Waals surface area (Å²) in [5.41, 5.74) is 2.26.